The number of nitrogens with one attached hydrogen (secondary N) is 2. The van der Waals surface area contributed by atoms with Crippen molar-refractivity contribution >= 4 is 52.9 Å². The van der Waals surface area contributed by atoms with E-state index in [2.05, 4.69) is 42.6 Å². The molecule has 2 N–H and O–H groups in total. The van der Waals surface area contributed by atoms with Crippen LogP contribution in [0.25, 0.3) is 11.4 Å². The van der Waals surface area contributed by atoms with E-state index in [1.807, 2.05) is 31.2 Å². The number of hydrogen-bond donors (Lipinski definition) is 2. The van der Waals surface area contributed by atoms with Crippen LogP contribution in [-0.4, -0.2) is 29.2 Å². The number of nitrogens with zero attached hydrogens (tertiary/aromatic N) is 3. The van der Waals surface area contributed by atoms with Crippen molar-refractivity contribution in [3.8, 4) is 11.4 Å². The lowest BCUT2D eigenvalue weighted by Gasteiger charge is -2.09. The SMILES string of the molecule is CCNC(=NCc1ccsc1)NCCc1nc(-c2cccc(Cl)c2)no1.I. The van der Waals surface area contributed by atoms with Crippen LogP contribution in [0.2, 0.25) is 5.02 Å². The molecule has 0 amide bonds. The van der Waals surface area contributed by atoms with E-state index in [0.29, 0.717) is 36.2 Å². The molecule has 3 rings (SSSR count). The molecule has 0 spiro atoms. The van der Waals surface area contributed by atoms with Crippen LogP contribution in [0.1, 0.15) is 18.4 Å². The average molecular weight is 518 g/mol. The summed E-state index contributed by atoms with van der Waals surface area (Å²) in [5.41, 5.74) is 2.04. The summed E-state index contributed by atoms with van der Waals surface area (Å²) in [6, 6.07) is 9.47. The summed E-state index contributed by atoms with van der Waals surface area (Å²) >= 11 is 7.68. The monoisotopic (exact) mass is 517 g/mol. The van der Waals surface area contributed by atoms with Gasteiger partial charge < -0.3 is 15.2 Å². The third-order valence-electron chi connectivity index (χ3n) is 3.53. The van der Waals surface area contributed by atoms with E-state index in [1.54, 1.807) is 11.3 Å². The molecule has 0 unspecified atom stereocenters. The number of rotatable bonds is 7. The van der Waals surface area contributed by atoms with E-state index >= 15 is 0 Å². The average Bonchev–Trinajstić information content (AvgIpc) is 3.32. The lowest BCUT2D eigenvalue weighted by Crippen LogP contribution is -2.38. The molecule has 0 saturated heterocycles. The van der Waals surface area contributed by atoms with Crippen molar-refractivity contribution in [3.63, 3.8) is 0 Å². The van der Waals surface area contributed by atoms with Gasteiger partial charge in [-0.25, -0.2) is 4.99 Å². The molecule has 9 heteroatoms. The Balaban J connectivity index is 0.00000261. The van der Waals surface area contributed by atoms with Gasteiger partial charge in [-0.3, -0.25) is 0 Å². The molecule has 0 atom stereocenters. The molecule has 0 aliphatic heterocycles. The highest BCUT2D eigenvalue weighted by molar-refractivity contribution is 14.0. The molecule has 0 bridgehead atoms. The Labute approximate surface area is 184 Å². The van der Waals surface area contributed by atoms with E-state index in [0.717, 1.165) is 18.1 Å². The third kappa shape index (κ3) is 6.78. The molecular formula is C18H21ClIN5OS. The highest BCUT2D eigenvalue weighted by atomic mass is 127. The summed E-state index contributed by atoms with van der Waals surface area (Å²) in [5.74, 6) is 1.88. The minimum Gasteiger partial charge on any atom is -0.357 e. The summed E-state index contributed by atoms with van der Waals surface area (Å²) in [7, 11) is 0. The molecule has 144 valence electrons. The van der Waals surface area contributed by atoms with Gasteiger partial charge in [-0.05, 0) is 41.4 Å². The van der Waals surface area contributed by atoms with Crippen LogP contribution in [0.3, 0.4) is 0 Å². The van der Waals surface area contributed by atoms with Gasteiger partial charge in [0.1, 0.15) is 0 Å². The third-order valence-corrected chi connectivity index (χ3v) is 4.49. The summed E-state index contributed by atoms with van der Waals surface area (Å²) in [4.78, 5) is 8.99. The van der Waals surface area contributed by atoms with Gasteiger partial charge in [0.25, 0.3) is 0 Å². The first-order valence-electron chi connectivity index (χ1n) is 8.36. The van der Waals surface area contributed by atoms with Crippen LogP contribution in [0.15, 0.2) is 50.6 Å². The fourth-order valence-electron chi connectivity index (χ4n) is 2.28. The largest absolute Gasteiger partial charge is 0.357 e. The number of halogens is 2. The minimum atomic E-state index is 0. The molecule has 6 nitrogen and oxygen atoms in total. The topological polar surface area (TPSA) is 75.3 Å². The number of aromatic nitrogens is 2. The Morgan fingerprint density at radius 1 is 1.30 bits per heavy atom. The van der Waals surface area contributed by atoms with Gasteiger partial charge in [0, 0.05) is 30.1 Å². The van der Waals surface area contributed by atoms with Crippen molar-refractivity contribution in [2.24, 2.45) is 4.99 Å². The molecule has 0 fully saturated rings. The number of aliphatic imine (C=N–C) groups is 1. The van der Waals surface area contributed by atoms with Crippen LogP contribution < -0.4 is 10.6 Å². The summed E-state index contributed by atoms with van der Waals surface area (Å²) in [5, 5.41) is 15.3. The van der Waals surface area contributed by atoms with Gasteiger partial charge in [0.2, 0.25) is 11.7 Å². The van der Waals surface area contributed by atoms with E-state index in [9.17, 15) is 0 Å². The van der Waals surface area contributed by atoms with Gasteiger partial charge in [0.15, 0.2) is 5.96 Å². The fourth-order valence-corrected chi connectivity index (χ4v) is 3.13. The van der Waals surface area contributed by atoms with E-state index in [1.165, 1.54) is 5.56 Å². The van der Waals surface area contributed by atoms with Crippen molar-refractivity contribution < 1.29 is 4.52 Å². The van der Waals surface area contributed by atoms with Gasteiger partial charge in [0.05, 0.1) is 6.54 Å². The Morgan fingerprint density at radius 3 is 2.93 bits per heavy atom. The zero-order chi connectivity index (χ0) is 18.2. The van der Waals surface area contributed by atoms with Crippen molar-refractivity contribution in [2.75, 3.05) is 13.1 Å². The number of hydrogen-bond acceptors (Lipinski definition) is 5. The van der Waals surface area contributed by atoms with E-state index in [-0.39, 0.29) is 24.0 Å². The van der Waals surface area contributed by atoms with E-state index in [4.69, 9.17) is 16.1 Å². The number of benzene rings is 1. The molecule has 0 saturated carbocycles. The fraction of sp³-hybridized carbons (Fsp3) is 0.278. The Hall–Kier alpha value is -1.65. The first-order chi connectivity index (χ1) is 12.7. The number of guanidine groups is 1. The van der Waals surface area contributed by atoms with Crippen molar-refractivity contribution in [2.45, 2.75) is 19.9 Å². The van der Waals surface area contributed by atoms with Crippen LogP contribution in [0.5, 0.6) is 0 Å². The summed E-state index contributed by atoms with van der Waals surface area (Å²) < 4.78 is 5.32. The second kappa shape index (κ2) is 11.3. The maximum absolute atomic E-state index is 6.00. The summed E-state index contributed by atoms with van der Waals surface area (Å²) in [6.45, 7) is 4.14. The molecule has 27 heavy (non-hydrogen) atoms. The molecule has 3 aromatic rings. The predicted molar refractivity (Wildman–Crippen MR) is 121 cm³/mol. The van der Waals surface area contributed by atoms with Crippen LogP contribution >= 0.6 is 46.9 Å². The smallest absolute Gasteiger partial charge is 0.228 e. The first kappa shape index (κ1) is 21.6. The second-order valence-electron chi connectivity index (χ2n) is 5.53. The van der Waals surface area contributed by atoms with Crippen molar-refractivity contribution in [1.82, 2.24) is 20.8 Å². The minimum absolute atomic E-state index is 0. The lowest BCUT2D eigenvalue weighted by atomic mass is 10.2. The highest BCUT2D eigenvalue weighted by Gasteiger charge is 2.09. The van der Waals surface area contributed by atoms with Crippen LogP contribution in [-0.2, 0) is 13.0 Å². The number of thiophene rings is 1. The van der Waals surface area contributed by atoms with Gasteiger partial charge in [-0.15, -0.1) is 24.0 Å². The molecule has 1 aromatic carbocycles. The Bertz CT molecular complexity index is 853. The molecule has 2 aromatic heterocycles. The molecule has 0 aliphatic rings. The molecule has 0 aliphatic carbocycles. The van der Waals surface area contributed by atoms with Crippen molar-refractivity contribution in [3.05, 3.63) is 57.6 Å². The molecule has 2 heterocycles. The standard InChI is InChI=1S/C18H20ClN5OS.HI/c1-2-20-18(22-11-13-7-9-26-12-13)21-8-6-16-23-17(24-25-16)14-4-3-5-15(19)10-14;/h3-5,7,9-10,12H,2,6,8,11H2,1H3,(H2,20,21,22);1H. The Morgan fingerprint density at radius 2 is 2.19 bits per heavy atom. The zero-order valence-electron chi connectivity index (χ0n) is 14.8. The van der Waals surface area contributed by atoms with Gasteiger partial charge in [-0.1, -0.05) is 28.9 Å². The highest BCUT2D eigenvalue weighted by Crippen LogP contribution is 2.19. The maximum atomic E-state index is 6.00. The van der Waals surface area contributed by atoms with Crippen molar-refractivity contribution in [1.29, 1.82) is 0 Å². The van der Waals surface area contributed by atoms with Gasteiger partial charge >= 0.3 is 0 Å². The van der Waals surface area contributed by atoms with E-state index < -0.39 is 0 Å². The zero-order valence-corrected chi connectivity index (χ0v) is 18.7. The molecule has 0 radical (unpaired) electrons. The maximum Gasteiger partial charge on any atom is 0.228 e. The Kier molecular flexibility index (Phi) is 9.02. The van der Waals surface area contributed by atoms with Gasteiger partial charge in [-0.2, -0.15) is 16.3 Å². The quantitative estimate of drug-likeness (QED) is 0.277. The predicted octanol–water partition coefficient (Wildman–Crippen LogP) is 4.37. The normalized spacial score (nSPS) is 11.1. The first-order valence-corrected chi connectivity index (χ1v) is 9.68. The van der Waals surface area contributed by atoms with Crippen LogP contribution in [0, 0.1) is 0 Å². The summed E-state index contributed by atoms with van der Waals surface area (Å²) in [6.07, 6.45) is 0.608. The second-order valence-corrected chi connectivity index (χ2v) is 6.74. The molecular weight excluding hydrogens is 497 g/mol. The van der Waals surface area contributed by atoms with Crippen LogP contribution in [0.4, 0.5) is 0 Å². The lowest BCUT2D eigenvalue weighted by molar-refractivity contribution is 0.378.